The number of nitrogens with zero attached hydrogens (tertiary/aromatic N) is 4. The van der Waals surface area contributed by atoms with Crippen molar-refractivity contribution in [3.63, 3.8) is 0 Å². The second kappa shape index (κ2) is 10.2. The normalized spacial score (nSPS) is 12.1. The summed E-state index contributed by atoms with van der Waals surface area (Å²) in [5, 5.41) is 7.68. The first-order valence-corrected chi connectivity index (χ1v) is 18.2. The van der Waals surface area contributed by atoms with E-state index in [0.29, 0.717) is 0 Å². The van der Waals surface area contributed by atoms with Crippen LogP contribution < -0.4 is 0 Å². The topological polar surface area (TPSA) is 35.6 Å². The minimum Gasteiger partial charge on any atom is -0.0616 e. The van der Waals surface area contributed by atoms with Gasteiger partial charge in [-0.3, -0.25) is 0 Å². The molecule has 0 aliphatic heterocycles. The molecule has 228 valence electrons. The molecule has 0 bridgehead atoms. The van der Waals surface area contributed by atoms with Crippen LogP contribution in [0.15, 0.2) is 158 Å². The van der Waals surface area contributed by atoms with Gasteiger partial charge in [0, 0.05) is 0 Å². The van der Waals surface area contributed by atoms with Crippen LogP contribution in [-0.2, 0) is 0 Å². The molecule has 0 aliphatic rings. The van der Waals surface area contributed by atoms with Crippen molar-refractivity contribution in [3.8, 4) is 22.8 Å². The molecular formula is C44H26N4Se. The van der Waals surface area contributed by atoms with Crippen molar-refractivity contribution in [2.75, 3.05) is 0 Å². The van der Waals surface area contributed by atoms with Gasteiger partial charge in [-0.25, -0.2) is 0 Å². The van der Waals surface area contributed by atoms with E-state index in [1.165, 1.54) is 57.6 Å². The summed E-state index contributed by atoms with van der Waals surface area (Å²) in [5.74, 6) is 0.834. The van der Waals surface area contributed by atoms with E-state index in [-0.39, 0.29) is 14.5 Å². The fourth-order valence-electron chi connectivity index (χ4n) is 7.85. The quantitative estimate of drug-likeness (QED) is 0.173. The van der Waals surface area contributed by atoms with Gasteiger partial charge in [-0.05, 0) is 6.07 Å². The SMILES string of the molecule is c1ccc(-c2nc3ccccc3nc2-n2c3ccccc3c3c4c5ccccc5n(-c5cccc6c5[se]c5ccccc56)c4ccc32)cc1. The Kier molecular flexibility index (Phi) is 5.65. The van der Waals surface area contributed by atoms with Crippen molar-refractivity contribution in [2.24, 2.45) is 0 Å². The molecule has 0 atom stereocenters. The second-order valence-corrected chi connectivity index (χ2v) is 14.8. The van der Waals surface area contributed by atoms with Crippen molar-refractivity contribution in [1.82, 2.24) is 19.1 Å². The molecule has 0 unspecified atom stereocenters. The van der Waals surface area contributed by atoms with Crippen LogP contribution in [0.1, 0.15) is 0 Å². The number of benzene rings is 7. The molecule has 4 heterocycles. The standard InChI is InChI=1S/C44H26N4Se/c1-2-13-27(14-3-1)42-44(46-33-20-8-7-19-32(33)45-42)48-35-22-10-5-17-31(35)41-37(48)26-25-36-40(41)30-16-4-9-21-34(30)47(36)38-23-12-18-29-28-15-6-11-24-39(28)49-43(29)38/h1-26H. The molecular weight excluding hydrogens is 663 g/mol. The third kappa shape index (κ3) is 3.80. The molecule has 0 N–H and O–H groups in total. The molecule has 0 amide bonds. The van der Waals surface area contributed by atoms with E-state index in [0.717, 1.165) is 39.1 Å². The Balaban J connectivity index is 1.30. The van der Waals surface area contributed by atoms with Gasteiger partial charge >= 0.3 is 252 Å². The second-order valence-electron chi connectivity index (χ2n) is 12.6. The van der Waals surface area contributed by atoms with Crippen LogP contribution >= 0.6 is 0 Å². The maximum absolute atomic E-state index is 5.35. The monoisotopic (exact) mass is 690 g/mol. The Bertz CT molecular complexity index is 3110. The Morgan fingerprint density at radius 3 is 1.73 bits per heavy atom. The van der Waals surface area contributed by atoms with Crippen LogP contribution in [-0.4, -0.2) is 33.6 Å². The Morgan fingerprint density at radius 1 is 0.408 bits per heavy atom. The van der Waals surface area contributed by atoms with Crippen molar-refractivity contribution < 1.29 is 0 Å². The summed E-state index contributed by atoms with van der Waals surface area (Å²) in [6.07, 6.45) is 0. The fourth-order valence-corrected chi connectivity index (χ4v) is 10.4. The molecule has 0 saturated heterocycles. The van der Waals surface area contributed by atoms with Gasteiger partial charge in [0.05, 0.1) is 0 Å². The van der Waals surface area contributed by atoms with E-state index < -0.39 is 0 Å². The molecule has 4 nitrogen and oxygen atoms in total. The summed E-state index contributed by atoms with van der Waals surface area (Å²) in [6, 6.07) is 56.6. The van der Waals surface area contributed by atoms with E-state index in [2.05, 4.69) is 143 Å². The molecule has 0 spiro atoms. The summed E-state index contributed by atoms with van der Waals surface area (Å²) >= 11 is 0.225. The first kappa shape index (κ1) is 27.0. The van der Waals surface area contributed by atoms with E-state index in [4.69, 9.17) is 9.97 Å². The molecule has 4 aromatic heterocycles. The molecule has 5 heteroatoms. The Morgan fingerprint density at radius 2 is 0.980 bits per heavy atom. The molecule has 0 saturated carbocycles. The molecule has 0 fully saturated rings. The zero-order chi connectivity index (χ0) is 32.1. The van der Waals surface area contributed by atoms with Gasteiger partial charge in [0.25, 0.3) is 0 Å². The average molecular weight is 690 g/mol. The number of rotatable bonds is 3. The van der Waals surface area contributed by atoms with E-state index in [1.54, 1.807) is 0 Å². The predicted molar refractivity (Wildman–Crippen MR) is 206 cm³/mol. The van der Waals surface area contributed by atoms with Gasteiger partial charge in [-0.1, -0.05) is 30.3 Å². The van der Waals surface area contributed by atoms with Crippen molar-refractivity contribution in [2.45, 2.75) is 0 Å². The van der Waals surface area contributed by atoms with Crippen LogP contribution in [0.2, 0.25) is 0 Å². The molecule has 11 aromatic rings. The van der Waals surface area contributed by atoms with E-state index >= 15 is 0 Å². The van der Waals surface area contributed by atoms with Gasteiger partial charge in [0.1, 0.15) is 0 Å². The zero-order valence-electron chi connectivity index (χ0n) is 26.2. The van der Waals surface area contributed by atoms with Crippen molar-refractivity contribution in [3.05, 3.63) is 158 Å². The third-order valence-electron chi connectivity index (χ3n) is 9.91. The first-order valence-electron chi connectivity index (χ1n) is 16.5. The molecule has 49 heavy (non-hydrogen) atoms. The van der Waals surface area contributed by atoms with Crippen molar-refractivity contribution in [1.29, 1.82) is 0 Å². The number of para-hydroxylation sites is 4. The first-order chi connectivity index (χ1) is 24.3. The fraction of sp³-hybridized carbons (Fsp3) is 0. The predicted octanol–water partition coefficient (Wildman–Crippen LogP) is 10.9. The van der Waals surface area contributed by atoms with Crippen LogP contribution in [0.3, 0.4) is 0 Å². The maximum atomic E-state index is 5.35. The van der Waals surface area contributed by atoms with Gasteiger partial charge in [-0.15, -0.1) is 0 Å². The van der Waals surface area contributed by atoms with Gasteiger partial charge in [0.15, 0.2) is 0 Å². The summed E-state index contributed by atoms with van der Waals surface area (Å²) in [5.41, 5.74) is 9.61. The van der Waals surface area contributed by atoms with Crippen LogP contribution in [0, 0.1) is 0 Å². The van der Waals surface area contributed by atoms with E-state index in [1.807, 2.05) is 24.3 Å². The minimum absolute atomic E-state index is 0.225. The Hall–Kier alpha value is -6.00. The molecule has 7 aromatic carbocycles. The van der Waals surface area contributed by atoms with Gasteiger partial charge in [-0.2, -0.15) is 0 Å². The number of aromatic nitrogens is 4. The smallest absolute Gasteiger partial charge is 0.0616 e. The van der Waals surface area contributed by atoms with E-state index in [9.17, 15) is 0 Å². The molecule has 11 rings (SSSR count). The van der Waals surface area contributed by atoms with Gasteiger partial charge in [0.2, 0.25) is 0 Å². The van der Waals surface area contributed by atoms with Crippen LogP contribution in [0.5, 0.6) is 0 Å². The number of hydrogen-bond acceptors (Lipinski definition) is 2. The third-order valence-corrected chi connectivity index (χ3v) is 12.4. The zero-order valence-corrected chi connectivity index (χ0v) is 27.9. The summed E-state index contributed by atoms with van der Waals surface area (Å²) in [6.45, 7) is 0. The number of hydrogen-bond donors (Lipinski definition) is 0. The molecule has 0 aliphatic carbocycles. The summed E-state index contributed by atoms with van der Waals surface area (Å²) in [7, 11) is 0. The number of fused-ring (bicyclic) bond motifs is 11. The van der Waals surface area contributed by atoms with Crippen molar-refractivity contribution >= 4 is 88.4 Å². The Labute approximate surface area is 286 Å². The van der Waals surface area contributed by atoms with Crippen LogP contribution in [0.25, 0.3) is 96.7 Å². The minimum atomic E-state index is 0.225. The average Bonchev–Trinajstić information content (AvgIpc) is 3.82. The van der Waals surface area contributed by atoms with Crippen LogP contribution in [0.4, 0.5) is 0 Å². The summed E-state index contributed by atoms with van der Waals surface area (Å²) < 4.78 is 7.74. The van der Waals surface area contributed by atoms with Gasteiger partial charge < -0.3 is 0 Å². The summed E-state index contributed by atoms with van der Waals surface area (Å²) in [4.78, 5) is 10.6. The molecule has 0 radical (unpaired) electrons.